The number of ketones is 2. The number of benzene rings is 1. The number of carbonyl (C=O) groups excluding carboxylic acids is 5. The number of nitrogens with zero attached hydrogens (tertiary/aromatic N) is 4. The number of methoxy groups -OCH3 is 1. The summed E-state index contributed by atoms with van der Waals surface area (Å²) in [7, 11) is 1.59. The molecule has 83 heavy (non-hydrogen) atoms. The Balaban J connectivity index is 0.000000707. The zero-order valence-corrected chi connectivity index (χ0v) is 47.9. The molecule has 0 aliphatic heterocycles. The first-order valence-electron chi connectivity index (χ1n) is 26.6. The summed E-state index contributed by atoms with van der Waals surface area (Å²) < 4.78 is 94.7. The van der Waals surface area contributed by atoms with Crippen molar-refractivity contribution in [2.24, 2.45) is 5.41 Å². The second kappa shape index (κ2) is 40.3. The minimum atomic E-state index is -5.30. The number of aromatic amines is 1. The minimum absolute atomic E-state index is 0.00685. The van der Waals surface area contributed by atoms with Crippen LogP contribution in [0.1, 0.15) is 88.7 Å². The largest absolute Gasteiger partial charge is 0.471 e. The number of rotatable bonds is 41. The molecule has 23 nitrogen and oxygen atoms in total. The van der Waals surface area contributed by atoms with Gasteiger partial charge in [0.25, 0.3) is 11.5 Å². The number of terminal acetylenes is 3. The van der Waals surface area contributed by atoms with Crippen molar-refractivity contribution in [2.45, 2.75) is 97.0 Å². The maximum absolute atomic E-state index is 13.7. The molecule has 2 aromatic heterocycles. The Bertz CT molecular complexity index is 2580. The zero-order valence-electron chi connectivity index (χ0n) is 47.9. The topological polar surface area (TPSA) is 290 Å². The highest BCUT2D eigenvalue weighted by atomic mass is 19.4. The summed E-state index contributed by atoms with van der Waals surface area (Å²) in [5.41, 5.74) is 2.12. The first kappa shape index (κ1) is 72.2. The molecule has 2 amide bonds. The average molecular weight is 1170 g/mol. The second-order valence-electron chi connectivity index (χ2n) is 19.3. The number of H-pyrrole nitrogens is 1. The van der Waals surface area contributed by atoms with Crippen LogP contribution in [0.2, 0.25) is 0 Å². The van der Waals surface area contributed by atoms with E-state index in [1.54, 1.807) is 27.9 Å². The zero-order chi connectivity index (χ0) is 61.5. The third-order valence-electron chi connectivity index (χ3n) is 11.0. The lowest BCUT2D eigenvalue weighted by Gasteiger charge is -2.32. The number of fused-ring (bicyclic) bond motifs is 1. The Labute approximate surface area is 482 Å². The van der Waals surface area contributed by atoms with E-state index in [1.807, 2.05) is 6.92 Å². The van der Waals surface area contributed by atoms with Crippen LogP contribution in [0.15, 0.2) is 35.3 Å². The molecule has 3 aromatic rings. The summed E-state index contributed by atoms with van der Waals surface area (Å²) in [6, 6.07) is 3.28. The average Bonchev–Trinajstić information content (AvgIpc) is 3.61. The van der Waals surface area contributed by atoms with Crippen LogP contribution in [-0.2, 0) is 73.1 Å². The van der Waals surface area contributed by atoms with Gasteiger partial charge in [-0.1, -0.05) is 24.7 Å². The Kier molecular flexibility index (Phi) is 35.1. The summed E-state index contributed by atoms with van der Waals surface area (Å²) >= 11 is 0. The van der Waals surface area contributed by atoms with Gasteiger partial charge < -0.3 is 58.4 Å². The van der Waals surface area contributed by atoms with Gasteiger partial charge >= 0.3 is 18.1 Å². The number of anilines is 2. The first-order valence-corrected chi connectivity index (χ1v) is 26.6. The van der Waals surface area contributed by atoms with E-state index < -0.39 is 53.1 Å². The van der Waals surface area contributed by atoms with E-state index in [1.165, 1.54) is 0 Å². The van der Waals surface area contributed by atoms with Crippen molar-refractivity contribution in [3.05, 3.63) is 52.1 Å². The number of carbonyl (C=O) groups is 5. The molecule has 2 heterocycles. The molecule has 0 saturated carbocycles. The van der Waals surface area contributed by atoms with E-state index >= 15 is 0 Å². The molecule has 0 spiro atoms. The summed E-state index contributed by atoms with van der Waals surface area (Å²) in [6.45, 7) is 12.0. The van der Waals surface area contributed by atoms with Gasteiger partial charge in [-0.2, -0.15) is 18.2 Å². The summed E-state index contributed by atoms with van der Waals surface area (Å²) in [5, 5.41) is 2.54. The highest BCUT2D eigenvalue weighted by molar-refractivity contribution is 5.99. The van der Waals surface area contributed by atoms with E-state index in [0.717, 1.165) is 36.9 Å². The highest BCUT2D eigenvalue weighted by Gasteiger charge is 2.43. The fourth-order valence-corrected chi connectivity index (χ4v) is 7.20. The van der Waals surface area contributed by atoms with E-state index in [2.05, 4.69) is 43.0 Å². The molecular formula is C57H78F3N7O16. The number of nitrogens with one attached hydrogen (secondary N) is 2. The molecule has 458 valence electrons. The van der Waals surface area contributed by atoms with E-state index in [0.29, 0.717) is 84.0 Å². The van der Waals surface area contributed by atoms with Crippen molar-refractivity contribution in [2.75, 3.05) is 130 Å². The van der Waals surface area contributed by atoms with Crippen LogP contribution in [-0.4, -0.2) is 187 Å². The number of hydrogen-bond acceptors (Lipinski definition) is 20. The van der Waals surface area contributed by atoms with Crippen LogP contribution in [0.3, 0.4) is 0 Å². The first-order chi connectivity index (χ1) is 39.6. The van der Waals surface area contributed by atoms with E-state index in [9.17, 15) is 41.9 Å². The van der Waals surface area contributed by atoms with Crippen LogP contribution >= 0.6 is 0 Å². The Morgan fingerprint density at radius 2 is 1.27 bits per heavy atom. The highest BCUT2D eigenvalue weighted by Crippen LogP contribution is 2.28. The molecule has 0 fully saturated rings. The van der Waals surface area contributed by atoms with Gasteiger partial charge in [-0.25, -0.2) is 14.8 Å². The number of hydrogen-bond donors (Lipinski definition) is 3. The molecule has 0 bridgehead atoms. The van der Waals surface area contributed by atoms with Crippen molar-refractivity contribution in [3.8, 4) is 37.0 Å². The SMILES string of the molecule is C#CCOCC(COCC#C)(COCC#C)CC(=O)CCOCCOCCC.COCCOCCOCCOCCCC(=O)CC[C@H](NC(=O)c1ccc(N(Cc2cnc3nc(N)[nH]c(=O)c3n2)C(=O)C(F)(F)F)cc1)C(=O)OC(C)(C)C. The predicted molar refractivity (Wildman–Crippen MR) is 299 cm³/mol. The third kappa shape index (κ3) is 30.8. The maximum Gasteiger partial charge on any atom is 0.471 e. The predicted octanol–water partition coefficient (Wildman–Crippen LogP) is 4.37. The van der Waals surface area contributed by atoms with Crippen LogP contribution in [0.25, 0.3) is 11.2 Å². The molecule has 1 aromatic carbocycles. The summed E-state index contributed by atoms with van der Waals surface area (Å²) in [5.74, 6) is 3.00. The number of ether oxygens (including phenoxy) is 10. The summed E-state index contributed by atoms with van der Waals surface area (Å²) in [6.07, 6.45) is 13.4. The molecular weight excluding hydrogens is 1100 g/mol. The van der Waals surface area contributed by atoms with E-state index in [-0.39, 0.29) is 117 Å². The lowest BCUT2D eigenvalue weighted by Crippen LogP contribution is -2.44. The second-order valence-corrected chi connectivity index (χ2v) is 19.3. The molecule has 26 heteroatoms. The van der Waals surface area contributed by atoms with Crippen LogP contribution in [0.5, 0.6) is 0 Å². The number of nitrogen functional groups attached to an aromatic ring is 1. The molecule has 1 atom stereocenters. The third-order valence-corrected chi connectivity index (χ3v) is 11.0. The van der Waals surface area contributed by atoms with E-state index in [4.69, 9.17) is 72.4 Å². The van der Waals surface area contributed by atoms with Gasteiger partial charge in [0.1, 0.15) is 43.0 Å². The van der Waals surface area contributed by atoms with Gasteiger partial charge in [-0.05, 0) is 64.3 Å². The summed E-state index contributed by atoms with van der Waals surface area (Å²) in [4.78, 5) is 90.4. The van der Waals surface area contributed by atoms with Crippen molar-refractivity contribution >= 4 is 52.1 Å². The van der Waals surface area contributed by atoms with Crippen molar-refractivity contribution in [3.63, 3.8) is 0 Å². The molecule has 0 aliphatic rings. The number of aromatic nitrogens is 4. The standard InChI is InChI=1S/C35H46F3N7O10.C22H32O6/c1-34(2,3)55-31(49)26(12-11-25(46)6-5-13-52-16-17-54-19-18-53-15-14-51-4)42-29(47)22-7-9-24(10-8-22)45(32(50)35(36,37)38)21-23-20-40-28-27(41-23)30(48)44-33(39)43-28;1-5-10-24-15-16-25-14-9-21(23)17-22(18-26-11-6-2,19-27-12-7-3)20-28-13-8-4/h7-10,20,26H,5-6,11-19,21H2,1-4H3,(H,42,47)(H3,39,40,43,44,48);2-4H,5,9-20H2,1H3/t26-;/m0./s1. The number of alkyl halides is 3. The molecule has 0 saturated heterocycles. The smallest absolute Gasteiger partial charge is 0.458 e. The van der Waals surface area contributed by atoms with Gasteiger partial charge in [0.05, 0.1) is 97.7 Å². The van der Waals surface area contributed by atoms with Crippen molar-refractivity contribution in [1.82, 2.24) is 25.3 Å². The quantitative estimate of drug-likeness (QED) is 0.0404. The van der Waals surface area contributed by atoms with Crippen molar-refractivity contribution in [1.29, 1.82) is 0 Å². The number of esters is 1. The normalized spacial score (nSPS) is 11.8. The van der Waals surface area contributed by atoms with Gasteiger partial charge in [-0.15, -0.1) is 19.3 Å². The van der Waals surface area contributed by atoms with Crippen LogP contribution < -0.4 is 21.5 Å². The Morgan fingerprint density at radius 3 is 1.80 bits per heavy atom. The number of nitrogens with two attached hydrogens (primary N) is 1. The Hall–Kier alpha value is -6.90. The van der Waals surface area contributed by atoms with Crippen LogP contribution in [0, 0.1) is 42.4 Å². The monoisotopic (exact) mass is 1170 g/mol. The lowest BCUT2D eigenvalue weighted by atomic mass is 9.84. The lowest BCUT2D eigenvalue weighted by molar-refractivity contribution is -0.170. The molecule has 0 aliphatic carbocycles. The van der Waals surface area contributed by atoms with Gasteiger partial charge in [0.2, 0.25) is 5.95 Å². The maximum atomic E-state index is 13.7. The number of halogens is 3. The fraction of sp³-hybridized carbons (Fsp3) is 0.596. The molecule has 0 radical (unpaired) electrons. The van der Waals surface area contributed by atoms with Gasteiger partial charge in [0.15, 0.2) is 11.2 Å². The minimum Gasteiger partial charge on any atom is -0.458 e. The van der Waals surface area contributed by atoms with Gasteiger partial charge in [-0.3, -0.25) is 33.9 Å². The van der Waals surface area contributed by atoms with Crippen LogP contribution in [0.4, 0.5) is 24.8 Å². The Morgan fingerprint density at radius 1 is 0.723 bits per heavy atom. The number of Topliss-reactive ketones (excluding diaryl/α,β-unsaturated/α-hetero) is 2. The van der Waals surface area contributed by atoms with Gasteiger partial charge in [0, 0.05) is 62.7 Å². The molecule has 3 rings (SSSR count). The molecule has 4 N–H and O–H groups in total. The molecule has 0 unspecified atom stereocenters. The number of amides is 2. The fourth-order valence-electron chi connectivity index (χ4n) is 7.20. The van der Waals surface area contributed by atoms with Crippen molar-refractivity contribution < 1.29 is 84.5 Å².